The molecule has 0 bridgehead atoms. The molecule has 0 saturated heterocycles. The van der Waals surface area contributed by atoms with Gasteiger partial charge in [0.2, 0.25) is 0 Å². The Hall–Kier alpha value is -10.4. The van der Waals surface area contributed by atoms with Crippen LogP contribution in [0, 0.1) is 0 Å². The topological polar surface area (TPSA) is 44.4 Å². The smallest absolute Gasteiger partial charge is 0.160 e. The summed E-state index contributed by atoms with van der Waals surface area (Å²) in [5.41, 5.74) is 12.8. The average molecular weight is 990 g/mol. The molecule has 4 nitrogen and oxygen atoms in total. The lowest BCUT2D eigenvalue weighted by atomic mass is 9.89. The Morgan fingerprint density at radius 1 is 0.218 bits per heavy atom. The van der Waals surface area contributed by atoms with Gasteiger partial charge >= 0.3 is 0 Å². The summed E-state index contributed by atoms with van der Waals surface area (Å²) in [4.78, 5) is 0. The zero-order chi connectivity index (χ0) is 50.5. The van der Waals surface area contributed by atoms with Crippen LogP contribution < -0.4 is 0 Å². The Bertz CT molecular complexity index is 5620. The van der Waals surface area contributed by atoms with Crippen LogP contribution in [0.15, 0.2) is 250 Å². The second-order valence-corrected chi connectivity index (χ2v) is 21.4. The van der Waals surface area contributed by atoms with E-state index in [0.717, 1.165) is 137 Å². The molecule has 78 heavy (non-hydrogen) atoms. The molecule has 4 heteroatoms. The monoisotopic (exact) mass is 989 g/mol. The second kappa shape index (κ2) is 14.7. The first-order chi connectivity index (χ1) is 38.6. The maximum atomic E-state index is 7.22. The number of aromatic nitrogens is 1. The van der Waals surface area contributed by atoms with Crippen LogP contribution in [-0.4, -0.2) is 4.57 Å². The first-order valence-electron chi connectivity index (χ1n) is 26.8. The van der Waals surface area contributed by atoms with Crippen molar-refractivity contribution in [1.29, 1.82) is 0 Å². The molecule has 0 aliphatic heterocycles. The lowest BCUT2D eigenvalue weighted by molar-refractivity contribution is 0.667. The first-order valence-corrected chi connectivity index (χ1v) is 26.8. The molecule has 0 unspecified atom stereocenters. The van der Waals surface area contributed by atoms with E-state index in [-0.39, 0.29) is 0 Å². The van der Waals surface area contributed by atoms with E-state index in [1.165, 1.54) is 53.9 Å². The summed E-state index contributed by atoms with van der Waals surface area (Å²) in [6, 6.07) is 86.6. The van der Waals surface area contributed by atoms with Gasteiger partial charge in [-0.1, -0.05) is 170 Å². The van der Waals surface area contributed by atoms with Gasteiger partial charge in [-0.3, -0.25) is 0 Å². The fourth-order valence-corrected chi connectivity index (χ4v) is 14.0. The van der Waals surface area contributed by atoms with Gasteiger partial charge in [-0.2, -0.15) is 0 Å². The van der Waals surface area contributed by atoms with E-state index in [9.17, 15) is 0 Å². The standard InChI is InChI=1S/C74H39NO3/c1-4-16-43-37-64-58(31-40(43)13-1)67-49-22-10-7-19-46(49)34-56(72(67)76-64)52-27-29-61-70-54(52)25-26-55-53(57-35-47-20-8-11-23-50(47)68-59-32-41-14-2-5-17-44(41)38-65(59)77-73(57)68)28-30-62(71(55)70)75(61)63-36-48-21-9-12-24-51(48)69-60-33-42-15-3-6-18-45(42)39-66(60)78-74(63)69/h1-39H. The third-order valence-corrected chi connectivity index (χ3v) is 17.4. The van der Waals surface area contributed by atoms with Crippen molar-refractivity contribution in [3.05, 3.63) is 237 Å². The van der Waals surface area contributed by atoms with Crippen molar-refractivity contribution >= 4 is 163 Å². The number of furan rings is 3. The minimum Gasteiger partial charge on any atom is -0.455 e. The highest BCUT2D eigenvalue weighted by Gasteiger charge is 2.28. The molecule has 19 aromatic rings. The van der Waals surface area contributed by atoms with Gasteiger partial charge in [0.1, 0.15) is 27.9 Å². The van der Waals surface area contributed by atoms with Gasteiger partial charge in [0.15, 0.2) is 5.58 Å². The number of hydrogen-bond donors (Lipinski definition) is 0. The summed E-state index contributed by atoms with van der Waals surface area (Å²) in [6.45, 7) is 0. The van der Waals surface area contributed by atoms with Crippen LogP contribution in [0.4, 0.5) is 0 Å². The van der Waals surface area contributed by atoms with E-state index >= 15 is 0 Å². The molecule has 0 N–H and O–H groups in total. The largest absolute Gasteiger partial charge is 0.455 e. The zero-order valence-corrected chi connectivity index (χ0v) is 41.7. The zero-order valence-electron chi connectivity index (χ0n) is 41.7. The van der Waals surface area contributed by atoms with Gasteiger partial charge in [-0.25, -0.2) is 0 Å². The van der Waals surface area contributed by atoms with Gasteiger partial charge < -0.3 is 17.8 Å². The van der Waals surface area contributed by atoms with Crippen LogP contribution in [-0.2, 0) is 0 Å². The normalized spacial score (nSPS) is 12.6. The van der Waals surface area contributed by atoms with Crippen LogP contribution >= 0.6 is 0 Å². The Morgan fingerprint density at radius 2 is 0.551 bits per heavy atom. The Kier molecular flexibility index (Phi) is 7.71. The van der Waals surface area contributed by atoms with Crippen molar-refractivity contribution in [3.63, 3.8) is 0 Å². The molecule has 0 amide bonds. The number of benzene rings is 15. The summed E-state index contributed by atoms with van der Waals surface area (Å²) >= 11 is 0. The molecule has 0 atom stereocenters. The van der Waals surface area contributed by atoms with Crippen molar-refractivity contribution in [1.82, 2.24) is 4.57 Å². The van der Waals surface area contributed by atoms with Crippen LogP contribution in [0.2, 0.25) is 0 Å². The minimum atomic E-state index is 0.859. The fourth-order valence-electron chi connectivity index (χ4n) is 14.0. The maximum absolute atomic E-state index is 7.22. The van der Waals surface area contributed by atoms with E-state index in [1.807, 2.05) is 0 Å². The van der Waals surface area contributed by atoms with Crippen LogP contribution in [0.5, 0.6) is 0 Å². The summed E-state index contributed by atoms with van der Waals surface area (Å²) in [7, 11) is 0. The molecular weight excluding hydrogens is 951 g/mol. The highest BCUT2D eigenvalue weighted by Crippen LogP contribution is 2.52. The Morgan fingerprint density at radius 3 is 0.962 bits per heavy atom. The molecule has 0 fully saturated rings. The van der Waals surface area contributed by atoms with E-state index in [2.05, 4.69) is 241 Å². The van der Waals surface area contributed by atoms with Gasteiger partial charge in [0, 0.05) is 54.2 Å². The molecule has 0 aliphatic carbocycles. The third kappa shape index (κ3) is 5.33. The van der Waals surface area contributed by atoms with Gasteiger partial charge in [0.25, 0.3) is 0 Å². The van der Waals surface area contributed by atoms with Crippen molar-refractivity contribution in [3.8, 4) is 27.9 Å². The van der Waals surface area contributed by atoms with E-state index < -0.39 is 0 Å². The van der Waals surface area contributed by atoms with Gasteiger partial charge in [-0.05, 0) is 153 Å². The number of fused-ring (bicyclic) bond motifs is 18. The SMILES string of the molecule is c1ccc2cc3c(cc2c1)oc1c(-c2ccc4c5c2ccc2c(-c6cc7ccccc7c7c6oc6cc8ccccc8cc67)ccc(c25)n4-c2cc4ccccc4c4c2oc2cc5ccccc5cc24)cc2ccccc2c13. The van der Waals surface area contributed by atoms with Crippen LogP contribution in [0.25, 0.3) is 191 Å². The first kappa shape index (κ1) is 40.9. The molecular formula is C74H39NO3. The lowest BCUT2D eigenvalue weighted by Gasteiger charge is -2.13. The molecule has 4 heterocycles. The van der Waals surface area contributed by atoms with Crippen molar-refractivity contribution in [2.45, 2.75) is 0 Å². The van der Waals surface area contributed by atoms with Crippen LogP contribution in [0.1, 0.15) is 0 Å². The number of rotatable bonds is 3. The molecule has 0 saturated carbocycles. The van der Waals surface area contributed by atoms with Crippen molar-refractivity contribution in [2.24, 2.45) is 0 Å². The highest BCUT2D eigenvalue weighted by molar-refractivity contribution is 6.33. The molecule has 0 spiro atoms. The third-order valence-electron chi connectivity index (χ3n) is 17.4. The molecule has 0 radical (unpaired) electrons. The minimum absolute atomic E-state index is 0.859. The van der Waals surface area contributed by atoms with E-state index in [1.54, 1.807) is 0 Å². The maximum Gasteiger partial charge on any atom is 0.160 e. The number of nitrogens with zero attached hydrogens (tertiary/aromatic N) is 1. The molecule has 19 rings (SSSR count). The fraction of sp³-hybridized carbons (Fsp3) is 0. The predicted octanol–water partition coefficient (Wildman–Crippen LogP) is 21.3. The number of hydrogen-bond acceptors (Lipinski definition) is 3. The van der Waals surface area contributed by atoms with Crippen molar-refractivity contribution in [2.75, 3.05) is 0 Å². The van der Waals surface area contributed by atoms with Crippen molar-refractivity contribution < 1.29 is 13.3 Å². The van der Waals surface area contributed by atoms with E-state index in [0.29, 0.717) is 0 Å². The van der Waals surface area contributed by atoms with E-state index in [4.69, 9.17) is 13.3 Å². The highest BCUT2D eigenvalue weighted by atomic mass is 16.3. The Balaban J connectivity index is 0.960. The summed E-state index contributed by atoms with van der Waals surface area (Å²) in [5, 5.41) is 25.5. The molecule has 358 valence electrons. The second-order valence-electron chi connectivity index (χ2n) is 21.4. The molecule has 4 aromatic heterocycles. The quantitative estimate of drug-likeness (QED) is 0.166. The summed E-state index contributed by atoms with van der Waals surface area (Å²) in [6.07, 6.45) is 0. The predicted molar refractivity (Wildman–Crippen MR) is 327 cm³/mol. The lowest BCUT2D eigenvalue weighted by Crippen LogP contribution is -1.95. The Labute approximate surface area is 443 Å². The van der Waals surface area contributed by atoms with Gasteiger partial charge in [-0.15, -0.1) is 0 Å². The summed E-state index contributed by atoms with van der Waals surface area (Å²) in [5.74, 6) is 0. The van der Waals surface area contributed by atoms with Gasteiger partial charge in [0.05, 0.1) is 16.7 Å². The van der Waals surface area contributed by atoms with Crippen LogP contribution in [0.3, 0.4) is 0 Å². The molecule has 15 aromatic carbocycles. The average Bonchev–Trinajstić information content (AvgIpc) is 4.31. The summed E-state index contributed by atoms with van der Waals surface area (Å²) < 4.78 is 24.0. The molecule has 0 aliphatic rings.